The number of rotatable bonds is 3. The third-order valence-electron chi connectivity index (χ3n) is 4.78. The molecule has 0 radical (unpaired) electrons. The fraction of sp³-hybridized carbons (Fsp3) is 0.929. The van der Waals surface area contributed by atoms with Crippen LogP contribution in [0.3, 0.4) is 0 Å². The van der Waals surface area contributed by atoms with Gasteiger partial charge in [0.2, 0.25) is 5.91 Å². The van der Waals surface area contributed by atoms with Gasteiger partial charge in [-0.05, 0) is 38.1 Å². The predicted octanol–water partition coefficient (Wildman–Crippen LogP) is 2.20. The van der Waals surface area contributed by atoms with Crippen molar-refractivity contribution in [3.63, 3.8) is 0 Å². The number of carbonyl (C=O) groups is 1. The molecule has 0 spiro atoms. The minimum atomic E-state index is -0.101. The molecule has 2 unspecified atom stereocenters. The first kappa shape index (κ1) is 12.9. The molecule has 0 saturated heterocycles. The number of amides is 1. The molecule has 2 rings (SSSR count). The van der Waals surface area contributed by atoms with E-state index in [-0.39, 0.29) is 11.3 Å². The molecule has 2 fully saturated rings. The lowest BCUT2D eigenvalue weighted by Crippen LogP contribution is -2.49. The average Bonchev–Trinajstić information content (AvgIpc) is 2.78. The number of hydrogen-bond donors (Lipinski definition) is 2. The molecule has 3 heteroatoms. The van der Waals surface area contributed by atoms with E-state index in [9.17, 15) is 4.79 Å². The van der Waals surface area contributed by atoms with Gasteiger partial charge in [0.25, 0.3) is 0 Å². The molecule has 2 saturated carbocycles. The quantitative estimate of drug-likeness (QED) is 0.792. The molecule has 2 atom stereocenters. The number of nitrogens with two attached hydrogens (primary N) is 1. The minimum absolute atomic E-state index is 0.101. The summed E-state index contributed by atoms with van der Waals surface area (Å²) in [7, 11) is 0. The van der Waals surface area contributed by atoms with Crippen molar-refractivity contribution in [3.05, 3.63) is 0 Å². The van der Waals surface area contributed by atoms with E-state index in [0.717, 1.165) is 19.3 Å². The molecule has 2 aliphatic rings. The molecule has 0 aromatic carbocycles. The molecule has 0 bridgehead atoms. The van der Waals surface area contributed by atoms with Crippen LogP contribution >= 0.6 is 0 Å². The van der Waals surface area contributed by atoms with E-state index in [1.165, 1.54) is 32.1 Å². The van der Waals surface area contributed by atoms with Crippen molar-refractivity contribution < 1.29 is 4.79 Å². The third-order valence-corrected chi connectivity index (χ3v) is 4.78. The second kappa shape index (κ2) is 5.38. The van der Waals surface area contributed by atoms with E-state index in [4.69, 9.17) is 5.73 Å². The van der Waals surface area contributed by atoms with E-state index < -0.39 is 0 Å². The van der Waals surface area contributed by atoms with E-state index in [0.29, 0.717) is 18.5 Å². The Labute approximate surface area is 105 Å². The fourth-order valence-corrected chi connectivity index (χ4v) is 3.40. The topological polar surface area (TPSA) is 55.1 Å². The summed E-state index contributed by atoms with van der Waals surface area (Å²) < 4.78 is 0. The van der Waals surface area contributed by atoms with Crippen LogP contribution in [0.2, 0.25) is 0 Å². The van der Waals surface area contributed by atoms with Gasteiger partial charge in [-0.15, -0.1) is 0 Å². The lowest BCUT2D eigenvalue weighted by molar-refractivity contribution is -0.131. The van der Waals surface area contributed by atoms with Gasteiger partial charge < -0.3 is 11.1 Å². The van der Waals surface area contributed by atoms with Gasteiger partial charge in [0.1, 0.15) is 0 Å². The van der Waals surface area contributed by atoms with Crippen LogP contribution in [0.4, 0.5) is 0 Å². The second-order valence-electron chi connectivity index (χ2n) is 6.13. The standard InChI is InChI=1S/C14H26N2O/c1-14(8-4-5-9-14)13(17)16-12-7-3-2-6-11(12)10-15/h11-12H,2-10,15H2,1H3,(H,16,17). The molecule has 2 aliphatic carbocycles. The van der Waals surface area contributed by atoms with Gasteiger partial charge in [-0.25, -0.2) is 0 Å². The van der Waals surface area contributed by atoms with Crippen LogP contribution < -0.4 is 11.1 Å². The van der Waals surface area contributed by atoms with Crippen LogP contribution in [-0.2, 0) is 4.79 Å². The third kappa shape index (κ3) is 2.82. The fourth-order valence-electron chi connectivity index (χ4n) is 3.40. The predicted molar refractivity (Wildman–Crippen MR) is 69.5 cm³/mol. The Bertz CT molecular complexity index is 271. The largest absolute Gasteiger partial charge is 0.353 e. The van der Waals surface area contributed by atoms with Crippen LogP contribution in [0, 0.1) is 11.3 Å². The second-order valence-corrected chi connectivity index (χ2v) is 6.13. The zero-order valence-electron chi connectivity index (χ0n) is 11.0. The Balaban J connectivity index is 1.92. The lowest BCUT2D eigenvalue weighted by atomic mass is 9.82. The van der Waals surface area contributed by atoms with Gasteiger partial charge >= 0.3 is 0 Å². The Morgan fingerprint density at radius 2 is 1.88 bits per heavy atom. The van der Waals surface area contributed by atoms with Crippen LogP contribution in [-0.4, -0.2) is 18.5 Å². The van der Waals surface area contributed by atoms with Gasteiger partial charge in [-0.1, -0.05) is 32.6 Å². The molecule has 1 amide bonds. The van der Waals surface area contributed by atoms with Crippen LogP contribution in [0.5, 0.6) is 0 Å². The average molecular weight is 238 g/mol. The zero-order valence-corrected chi connectivity index (χ0v) is 11.0. The van der Waals surface area contributed by atoms with Gasteiger partial charge in [-0.2, -0.15) is 0 Å². The van der Waals surface area contributed by atoms with E-state index in [1.54, 1.807) is 0 Å². The normalized spacial score (nSPS) is 32.4. The molecule has 0 heterocycles. The molecular weight excluding hydrogens is 212 g/mol. The molecule has 98 valence electrons. The van der Waals surface area contributed by atoms with Crippen LogP contribution in [0.15, 0.2) is 0 Å². The minimum Gasteiger partial charge on any atom is -0.353 e. The molecule has 0 aliphatic heterocycles. The van der Waals surface area contributed by atoms with Crippen molar-refractivity contribution >= 4 is 5.91 Å². The molecule has 3 nitrogen and oxygen atoms in total. The van der Waals surface area contributed by atoms with Crippen LogP contribution in [0.25, 0.3) is 0 Å². The Morgan fingerprint density at radius 3 is 2.53 bits per heavy atom. The molecular formula is C14H26N2O. The Kier molecular flexibility index (Phi) is 4.08. The summed E-state index contributed by atoms with van der Waals surface area (Å²) in [5, 5.41) is 3.28. The summed E-state index contributed by atoms with van der Waals surface area (Å²) in [6.07, 6.45) is 9.31. The summed E-state index contributed by atoms with van der Waals surface area (Å²) in [5.41, 5.74) is 5.70. The highest BCUT2D eigenvalue weighted by Gasteiger charge is 2.38. The maximum absolute atomic E-state index is 12.3. The SMILES string of the molecule is CC1(C(=O)NC2CCCCC2CN)CCCC1. The van der Waals surface area contributed by atoms with Crippen molar-refractivity contribution in [2.75, 3.05) is 6.54 Å². The van der Waals surface area contributed by atoms with Crippen LogP contribution in [0.1, 0.15) is 58.3 Å². The monoisotopic (exact) mass is 238 g/mol. The van der Waals surface area contributed by atoms with E-state index >= 15 is 0 Å². The highest BCUT2D eigenvalue weighted by atomic mass is 16.2. The Hall–Kier alpha value is -0.570. The summed E-state index contributed by atoms with van der Waals surface area (Å²) >= 11 is 0. The molecule has 3 N–H and O–H groups in total. The van der Waals surface area contributed by atoms with Crippen molar-refractivity contribution in [1.82, 2.24) is 5.32 Å². The first-order chi connectivity index (χ1) is 8.15. The smallest absolute Gasteiger partial charge is 0.226 e. The van der Waals surface area contributed by atoms with Gasteiger partial charge in [0.15, 0.2) is 0 Å². The number of hydrogen-bond acceptors (Lipinski definition) is 2. The zero-order chi connectivity index (χ0) is 12.3. The van der Waals surface area contributed by atoms with Crippen molar-refractivity contribution in [2.24, 2.45) is 17.1 Å². The van der Waals surface area contributed by atoms with Crippen molar-refractivity contribution in [3.8, 4) is 0 Å². The first-order valence-electron chi connectivity index (χ1n) is 7.17. The van der Waals surface area contributed by atoms with Gasteiger partial charge in [-0.3, -0.25) is 4.79 Å². The lowest BCUT2D eigenvalue weighted by Gasteiger charge is -2.34. The maximum atomic E-state index is 12.3. The van der Waals surface area contributed by atoms with Gasteiger partial charge in [0, 0.05) is 11.5 Å². The van der Waals surface area contributed by atoms with Gasteiger partial charge in [0.05, 0.1) is 0 Å². The number of nitrogens with one attached hydrogen (secondary N) is 1. The summed E-state index contributed by atoms with van der Waals surface area (Å²) in [6.45, 7) is 2.83. The highest BCUT2D eigenvalue weighted by Crippen LogP contribution is 2.38. The van der Waals surface area contributed by atoms with E-state index in [2.05, 4.69) is 12.2 Å². The summed E-state index contributed by atoms with van der Waals surface area (Å²) in [4.78, 5) is 12.3. The molecule has 0 aromatic rings. The summed E-state index contributed by atoms with van der Waals surface area (Å²) in [6, 6.07) is 0.332. The number of carbonyl (C=O) groups excluding carboxylic acids is 1. The molecule has 0 aromatic heterocycles. The highest BCUT2D eigenvalue weighted by molar-refractivity contribution is 5.82. The van der Waals surface area contributed by atoms with Crippen molar-refractivity contribution in [2.45, 2.75) is 64.3 Å². The van der Waals surface area contributed by atoms with E-state index in [1.807, 2.05) is 0 Å². The molecule has 17 heavy (non-hydrogen) atoms. The Morgan fingerprint density at radius 1 is 1.24 bits per heavy atom. The van der Waals surface area contributed by atoms with Crippen molar-refractivity contribution in [1.29, 1.82) is 0 Å². The maximum Gasteiger partial charge on any atom is 0.226 e. The summed E-state index contributed by atoms with van der Waals surface area (Å²) in [5.74, 6) is 0.776. The first-order valence-corrected chi connectivity index (χ1v) is 7.17.